The molecule has 1 saturated heterocycles. The number of carbonyl (C=O) groups is 1. The molecule has 204 valence electrons. The number of benzene rings is 1. The number of fused-ring (bicyclic) bond motifs is 1. The summed E-state index contributed by atoms with van der Waals surface area (Å²) in [5, 5.41) is 0. The van der Waals surface area contributed by atoms with E-state index in [2.05, 4.69) is 43.0 Å². The fourth-order valence-electron chi connectivity index (χ4n) is 4.73. The maximum atomic E-state index is 12.4. The summed E-state index contributed by atoms with van der Waals surface area (Å²) >= 11 is 0. The zero-order chi connectivity index (χ0) is 27.6. The summed E-state index contributed by atoms with van der Waals surface area (Å²) in [6.45, 7) is 9.45. The molecule has 39 heavy (non-hydrogen) atoms. The van der Waals surface area contributed by atoms with Crippen LogP contribution in [0.2, 0.25) is 0 Å². The molecule has 3 aromatic heterocycles. The number of piperazine rings is 1. The van der Waals surface area contributed by atoms with Crippen LogP contribution in [0.5, 0.6) is 0 Å². The molecule has 0 bridgehead atoms. The predicted octanol–water partition coefficient (Wildman–Crippen LogP) is 4.12. The summed E-state index contributed by atoms with van der Waals surface area (Å²) in [4.78, 5) is 40.0. The van der Waals surface area contributed by atoms with Gasteiger partial charge in [-0.2, -0.15) is 0 Å². The Morgan fingerprint density at radius 2 is 1.87 bits per heavy atom. The fraction of sp³-hybridized carbons (Fsp3) is 0.414. The number of aromatic nitrogens is 5. The van der Waals surface area contributed by atoms with Crippen molar-refractivity contribution < 1.29 is 9.53 Å². The second kappa shape index (κ2) is 11.0. The summed E-state index contributed by atoms with van der Waals surface area (Å²) in [6.07, 6.45) is 5.64. The summed E-state index contributed by atoms with van der Waals surface area (Å²) in [5.74, 6) is 0.869. The van der Waals surface area contributed by atoms with Gasteiger partial charge in [0.15, 0.2) is 0 Å². The maximum Gasteiger partial charge on any atom is 0.410 e. The van der Waals surface area contributed by atoms with Gasteiger partial charge in [-0.3, -0.25) is 9.88 Å². The van der Waals surface area contributed by atoms with E-state index in [4.69, 9.17) is 9.72 Å². The number of nitrogens with one attached hydrogen (secondary N) is 1. The van der Waals surface area contributed by atoms with Gasteiger partial charge in [0, 0.05) is 70.7 Å². The van der Waals surface area contributed by atoms with E-state index in [1.54, 1.807) is 11.2 Å². The minimum Gasteiger partial charge on any atom is -0.444 e. The maximum absolute atomic E-state index is 12.4. The Labute approximate surface area is 229 Å². The number of rotatable bonds is 6. The van der Waals surface area contributed by atoms with E-state index in [1.807, 2.05) is 64.3 Å². The van der Waals surface area contributed by atoms with Crippen LogP contribution in [0.25, 0.3) is 22.3 Å². The van der Waals surface area contributed by atoms with Gasteiger partial charge < -0.3 is 19.5 Å². The largest absolute Gasteiger partial charge is 0.444 e. The topological polar surface area (TPSA) is 103 Å². The third kappa shape index (κ3) is 6.51. The van der Waals surface area contributed by atoms with Crippen LogP contribution in [0, 0.1) is 0 Å². The lowest BCUT2D eigenvalue weighted by atomic mass is 10.1. The Balaban J connectivity index is 1.23. The number of carbonyl (C=O) groups excluding carboxylic acids is 1. The average Bonchev–Trinajstić information content (AvgIpc) is 3.29. The quantitative estimate of drug-likeness (QED) is 0.399. The molecule has 4 aromatic rings. The number of hydrogen-bond donors (Lipinski definition) is 1. The first-order chi connectivity index (χ1) is 18.6. The average molecular weight is 529 g/mol. The van der Waals surface area contributed by atoms with Gasteiger partial charge in [-0.25, -0.2) is 19.7 Å². The lowest BCUT2D eigenvalue weighted by molar-refractivity contribution is 0.0139. The van der Waals surface area contributed by atoms with Crippen molar-refractivity contribution in [1.29, 1.82) is 0 Å². The lowest BCUT2D eigenvalue weighted by Crippen LogP contribution is -2.49. The Bertz CT molecular complexity index is 1450. The van der Waals surface area contributed by atoms with Crippen LogP contribution >= 0.6 is 0 Å². The van der Waals surface area contributed by atoms with Gasteiger partial charge in [-0.05, 0) is 50.6 Å². The predicted molar refractivity (Wildman–Crippen MR) is 152 cm³/mol. The van der Waals surface area contributed by atoms with Crippen molar-refractivity contribution in [2.75, 3.05) is 45.2 Å². The second-order valence-electron chi connectivity index (χ2n) is 11.1. The third-order valence-corrected chi connectivity index (χ3v) is 6.64. The first-order valence-electron chi connectivity index (χ1n) is 13.2. The van der Waals surface area contributed by atoms with Crippen molar-refractivity contribution >= 4 is 22.8 Å². The number of pyridine rings is 1. The van der Waals surface area contributed by atoms with Gasteiger partial charge in [0.2, 0.25) is 0 Å². The van der Waals surface area contributed by atoms with E-state index in [9.17, 15) is 4.79 Å². The SMILES string of the molecule is CN(C)c1cncnc1-c1ccc2nc(Cc3cc(CN4CCN(C(=O)OC(C)(C)C)CC4)ccn3)[nH]c2c1. The highest BCUT2D eigenvalue weighted by atomic mass is 16.6. The summed E-state index contributed by atoms with van der Waals surface area (Å²) in [6, 6.07) is 10.3. The highest BCUT2D eigenvalue weighted by Gasteiger charge is 2.26. The van der Waals surface area contributed by atoms with Crippen molar-refractivity contribution in [2.24, 2.45) is 0 Å². The number of nitrogens with zero attached hydrogens (tertiary/aromatic N) is 7. The number of aromatic amines is 1. The van der Waals surface area contributed by atoms with E-state index < -0.39 is 5.60 Å². The van der Waals surface area contributed by atoms with Crippen LogP contribution in [0.1, 0.15) is 37.9 Å². The second-order valence-corrected chi connectivity index (χ2v) is 11.1. The molecule has 0 radical (unpaired) electrons. The zero-order valence-corrected chi connectivity index (χ0v) is 23.3. The molecule has 10 heteroatoms. The number of hydrogen-bond acceptors (Lipinski definition) is 8. The smallest absolute Gasteiger partial charge is 0.410 e. The van der Waals surface area contributed by atoms with Gasteiger partial charge in [0.25, 0.3) is 0 Å². The number of amides is 1. The molecule has 1 aliphatic rings. The van der Waals surface area contributed by atoms with Gasteiger partial charge in [-0.1, -0.05) is 6.07 Å². The highest BCUT2D eigenvalue weighted by molar-refractivity contribution is 5.84. The Hall–Kier alpha value is -4.05. The molecule has 0 atom stereocenters. The number of H-pyrrole nitrogens is 1. The molecule has 0 saturated carbocycles. The Morgan fingerprint density at radius 3 is 2.62 bits per heavy atom. The van der Waals surface area contributed by atoms with Gasteiger partial charge >= 0.3 is 6.09 Å². The van der Waals surface area contributed by atoms with E-state index in [0.29, 0.717) is 19.5 Å². The van der Waals surface area contributed by atoms with Gasteiger partial charge in [-0.15, -0.1) is 0 Å². The molecule has 1 fully saturated rings. The van der Waals surface area contributed by atoms with Crippen molar-refractivity contribution in [1.82, 2.24) is 34.7 Å². The summed E-state index contributed by atoms with van der Waals surface area (Å²) < 4.78 is 5.51. The Kier molecular flexibility index (Phi) is 7.47. The monoisotopic (exact) mass is 528 g/mol. The molecule has 0 unspecified atom stereocenters. The third-order valence-electron chi connectivity index (χ3n) is 6.64. The molecule has 1 aliphatic heterocycles. The van der Waals surface area contributed by atoms with Crippen molar-refractivity contribution in [3.05, 3.63) is 66.1 Å². The zero-order valence-electron chi connectivity index (χ0n) is 23.3. The number of ether oxygens (including phenoxy) is 1. The number of anilines is 1. The molecule has 1 aromatic carbocycles. The molecular formula is C29H36N8O2. The molecule has 4 heterocycles. The van der Waals surface area contributed by atoms with Crippen LogP contribution in [-0.2, 0) is 17.7 Å². The number of imidazole rings is 1. The normalized spacial score (nSPS) is 14.5. The standard InChI is InChI=1S/C29H36N8O2/c1-29(2,3)39-28(38)37-12-10-36(11-13-37)18-20-8-9-31-22(14-20)16-26-33-23-7-6-21(15-24(23)34-26)27-25(35(4)5)17-30-19-32-27/h6-9,14-15,17,19H,10-13,16,18H2,1-5H3,(H,33,34). The van der Waals surface area contributed by atoms with Crippen LogP contribution in [0.4, 0.5) is 10.5 Å². The van der Waals surface area contributed by atoms with Crippen molar-refractivity contribution in [3.63, 3.8) is 0 Å². The van der Waals surface area contributed by atoms with Gasteiger partial charge in [0.1, 0.15) is 17.8 Å². The van der Waals surface area contributed by atoms with Crippen molar-refractivity contribution in [2.45, 2.75) is 39.3 Å². The molecule has 0 spiro atoms. The molecule has 5 rings (SSSR count). The van der Waals surface area contributed by atoms with Crippen LogP contribution in [0.3, 0.4) is 0 Å². The van der Waals surface area contributed by atoms with Crippen LogP contribution in [0.15, 0.2) is 49.1 Å². The fourth-order valence-corrected chi connectivity index (χ4v) is 4.73. The summed E-state index contributed by atoms with van der Waals surface area (Å²) in [7, 11) is 3.97. The Morgan fingerprint density at radius 1 is 1.08 bits per heavy atom. The molecule has 1 amide bonds. The summed E-state index contributed by atoms with van der Waals surface area (Å²) in [5.41, 5.74) is 6.41. The van der Waals surface area contributed by atoms with Crippen LogP contribution in [-0.4, -0.2) is 86.7 Å². The highest BCUT2D eigenvalue weighted by Crippen LogP contribution is 2.29. The van der Waals surface area contributed by atoms with E-state index >= 15 is 0 Å². The van der Waals surface area contributed by atoms with E-state index in [1.165, 1.54) is 5.56 Å². The minimum absolute atomic E-state index is 0.235. The molecule has 10 nitrogen and oxygen atoms in total. The van der Waals surface area contributed by atoms with Gasteiger partial charge in [0.05, 0.1) is 28.6 Å². The van der Waals surface area contributed by atoms with E-state index in [-0.39, 0.29) is 6.09 Å². The molecular weight excluding hydrogens is 492 g/mol. The molecule has 1 N–H and O–H groups in total. The van der Waals surface area contributed by atoms with E-state index in [0.717, 1.165) is 59.1 Å². The van der Waals surface area contributed by atoms with Crippen molar-refractivity contribution in [3.8, 4) is 11.3 Å². The lowest BCUT2D eigenvalue weighted by Gasteiger charge is -2.35. The minimum atomic E-state index is -0.476. The first kappa shape index (κ1) is 26.6. The first-order valence-corrected chi connectivity index (χ1v) is 13.2. The molecule has 0 aliphatic carbocycles. The van der Waals surface area contributed by atoms with Crippen LogP contribution < -0.4 is 4.90 Å².